The van der Waals surface area contributed by atoms with Crippen LogP contribution in [0.1, 0.15) is 18.5 Å². The molecule has 0 aromatic heterocycles. The summed E-state index contributed by atoms with van der Waals surface area (Å²) >= 11 is 0. The Balaban J connectivity index is 2.27. The van der Waals surface area contributed by atoms with Crippen molar-refractivity contribution >= 4 is 5.69 Å². The van der Waals surface area contributed by atoms with Crippen LogP contribution in [-0.2, 0) is 0 Å². The second-order valence-corrected chi connectivity index (χ2v) is 4.45. The number of ether oxygens (including phenoxy) is 2. The maximum Gasteiger partial charge on any atom is 0.142 e. The van der Waals surface area contributed by atoms with Crippen molar-refractivity contribution in [2.45, 2.75) is 13.0 Å². The van der Waals surface area contributed by atoms with E-state index in [9.17, 15) is 4.39 Å². The second-order valence-electron chi connectivity index (χ2n) is 4.45. The fourth-order valence-corrected chi connectivity index (χ4v) is 2.06. The fourth-order valence-electron chi connectivity index (χ4n) is 2.06. The molecule has 106 valence electrons. The van der Waals surface area contributed by atoms with Gasteiger partial charge in [0, 0.05) is 11.6 Å². The molecule has 0 bridgehead atoms. The van der Waals surface area contributed by atoms with Gasteiger partial charge in [0.2, 0.25) is 0 Å². The number of nitrogens with one attached hydrogen (secondary N) is 1. The lowest BCUT2D eigenvalue weighted by molar-refractivity contribution is 0.404. The zero-order valence-corrected chi connectivity index (χ0v) is 11.8. The van der Waals surface area contributed by atoms with Gasteiger partial charge in [-0.05, 0) is 25.1 Å². The van der Waals surface area contributed by atoms with Crippen molar-refractivity contribution in [2.24, 2.45) is 0 Å². The molecule has 0 aliphatic carbocycles. The summed E-state index contributed by atoms with van der Waals surface area (Å²) in [4.78, 5) is 0. The topological polar surface area (TPSA) is 30.5 Å². The van der Waals surface area contributed by atoms with Gasteiger partial charge in [0.15, 0.2) is 0 Å². The third-order valence-corrected chi connectivity index (χ3v) is 3.15. The average Bonchev–Trinajstić information content (AvgIpc) is 2.47. The van der Waals surface area contributed by atoms with Crippen LogP contribution in [0, 0.1) is 5.82 Å². The Kier molecular flexibility index (Phi) is 4.45. The van der Waals surface area contributed by atoms with E-state index in [1.165, 1.54) is 6.07 Å². The number of methoxy groups -OCH3 is 2. The van der Waals surface area contributed by atoms with Crippen LogP contribution in [0.3, 0.4) is 0 Å². The van der Waals surface area contributed by atoms with E-state index in [2.05, 4.69) is 5.32 Å². The SMILES string of the molecule is COc1ccc(OC)c(NC(C)c2ccccc2F)c1. The van der Waals surface area contributed by atoms with Gasteiger partial charge in [0.05, 0.1) is 25.9 Å². The molecule has 2 aromatic carbocycles. The van der Waals surface area contributed by atoms with E-state index >= 15 is 0 Å². The zero-order chi connectivity index (χ0) is 14.5. The molecule has 0 radical (unpaired) electrons. The quantitative estimate of drug-likeness (QED) is 0.894. The number of halogens is 1. The molecule has 4 heteroatoms. The van der Waals surface area contributed by atoms with Crippen LogP contribution in [-0.4, -0.2) is 14.2 Å². The molecule has 0 aliphatic rings. The summed E-state index contributed by atoms with van der Waals surface area (Å²) in [5.41, 5.74) is 1.37. The van der Waals surface area contributed by atoms with E-state index < -0.39 is 0 Å². The van der Waals surface area contributed by atoms with Crippen molar-refractivity contribution < 1.29 is 13.9 Å². The van der Waals surface area contributed by atoms with Crippen molar-refractivity contribution in [3.63, 3.8) is 0 Å². The summed E-state index contributed by atoms with van der Waals surface area (Å²) in [6.45, 7) is 1.90. The monoisotopic (exact) mass is 275 g/mol. The summed E-state index contributed by atoms with van der Waals surface area (Å²) in [6, 6.07) is 12.0. The lowest BCUT2D eigenvalue weighted by atomic mass is 10.1. The van der Waals surface area contributed by atoms with Gasteiger partial charge in [-0.25, -0.2) is 4.39 Å². The summed E-state index contributed by atoms with van der Waals surface area (Å²) in [6.07, 6.45) is 0. The molecule has 0 spiro atoms. The number of hydrogen-bond donors (Lipinski definition) is 1. The number of rotatable bonds is 5. The molecule has 1 N–H and O–H groups in total. The van der Waals surface area contributed by atoms with Crippen molar-refractivity contribution in [1.29, 1.82) is 0 Å². The van der Waals surface area contributed by atoms with Gasteiger partial charge < -0.3 is 14.8 Å². The van der Waals surface area contributed by atoms with Crippen LogP contribution in [0.25, 0.3) is 0 Å². The highest BCUT2D eigenvalue weighted by Crippen LogP contribution is 2.32. The Labute approximate surface area is 118 Å². The fraction of sp³-hybridized carbons (Fsp3) is 0.250. The molecule has 3 nitrogen and oxygen atoms in total. The molecule has 2 aromatic rings. The first-order valence-corrected chi connectivity index (χ1v) is 6.38. The lowest BCUT2D eigenvalue weighted by Crippen LogP contribution is -2.09. The molecular weight excluding hydrogens is 257 g/mol. The molecule has 1 atom stereocenters. The van der Waals surface area contributed by atoms with Gasteiger partial charge in [-0.2, -0.15) is 0 Å². The van der Waals surface area contributed by atoms with E-state index in [1.807, 2.05) is 31.2 Å². The molecule has 0 saturated heterocycles. The van der Waals surface area contributed by atoms with Crippen LogP contribution in [0.15, 0.2) is 42.5 Å². The predicted molar refractivity (Wildman–Crippen MR) is 78.0 cm³/mol. The molecule has 0 fully saturated rings. The van der Waals surface area contributed by atoms with Gasteiger partial charge in [-0.15, -0.1) is 0 Å². The largest absolute Gasteiger partial charge is 0.497 e. The molecule has 0 aliphatic heterocycles. The summed E-state index contributed by atoms with van der Waals surface area (Å²) in [5.74, 6) is 1.18. The normalized spacial score (nSPS) is 11.8. The minimum Gasteiger partial charge on any atom is -0.497 e. The van der Waals surface area contributed by atoms with E-state index in [0.717, 1.165) is 5.69 Å². The highest BCUT2D eigenvalue weighted by Gasteiger charge is 2.13. The maximum atomic E-state index is 13.8. The Morgan fingerprint density at radius 2 is 1.80 bits per heavy atom. The van der Waals surface area contributed by atoms with Crippen LogP contribution in [0.2, 0.25) is 0 Å². The summed E-state index contributed by atoms with van der Waals surface area (Å²) in [7, 11) is 3.20. The van der Waals surface area contributed by atoms with Crippen molar-refractivity contribution in [2.75, 3.05) is 19.5 Å². The van der Waals surface area contributed by atoms with Crippen LogP contribution in [0.5, 0.6) is 11.5 Å². The zero-order valence-electron chi connectivity index (χ0n) is 11.8. The third kappa shape index (κ3) is 3.02. The first kappa shape index (κ1) is 14.2. The minimum absolute atomic E-state index is 0.183. The highest BCUT2D eigenvalue weighted by molar-refractivity contribution is 5.60. The summed E-state index contributed by atoms with van der Waals surface area (Å²) < 4.78 is 24.3. The van der Waals surface area contributed by atoms with Crippen LogP contribution >= 0.6 is 0 Å². The third-order valence-electron chi connectivity index (χ3n) is 3.15. The molecule has 0 amide bonds. The molecule has 20 heavy (non-hydrogen) atoms. The van der Waals surface area contributed by atoms with Crippen molar-refractivity contribution in [3.05, 3.63) is 53.8 Å². The van der Waals surface area contributed by atoms with E-state index in [0.29, 0.717) is 17.1 Å². The van der Waals surface area contributed by atoms with Crippen molar-refractivity contribution in [3.8, 4) is 11.5 Å². The van der Waals surface area contributed by atoms with Crippen LogP contribution in [0.4, 0.5) is 10.1 Å². The van der Waals surface area contributed by atoms with Gasteiger partial charge >= 0.3 is 0 Å². The molecule has 0 heterocycles. The Morgan fingerprint density at radius 3 is 2.45 bits per heavy atom. The Bertz CT molecular complexity index is 586. The Hall–Kier alpha value is -2.23. The van der Waals surface area contributed by atoms with E-state index in [4.69, 9.17) is 9.47 Å². The van der Waals surface area contributed by atoms with E-state index in [1.54, 1.807) is 26.4 Å². The molecule has 1 unspecified atom stereocenters. The number of anilines is 1. The summed E-state index contributed by atoms with van der Waals surface area (Å²) in [5, 5.41) is 3.25. The molecule has 2 rings (SSSR count). The number of benzene rings is 2. The highest BCUT2D eigenvalue weighted by atomic mass is 19.1. The maximum absolute atomic E-state index is 13.8. The molecule has 0 saturated carbocycles. The van der Waals surface area contributed by atoms with Crippen LogP contribution < -0.4 is 14.8 Å². The smallest absolute Gasteiger partial charge is 0.142 e. The first-order chi connectivity index (χ1) is 9.65. The van der Waals surface area contributed by atoms with Gasteiger partial charge in [0.25, 0.3) is 0 Å². The average molecular weight is 275 g/mol. The van der Waals surface area contributed by atoms with Gasteiger partial charge in [-0.3, -0.25) is 0 Å². The second kappa shape index (κ2) is 6.28. The predicted octanol–water partition coefficient (Wildman–Crippen LogP) is 4.02. The lowest BCUT2D eigenvalue weighted by Gasteiger charge is -2.19. The first-order valence-electron chi connectivity index (χ1n) is 6.38. The van der Waals surface area contributed by atoms with Gasteiger partial charge in [0.1, 0.15) is 17.3 Å². The minimum atomic E-state index is -0.227. The Morgan fingerprint density at radius 1 is 1.05 bits per heavy atom. The van der Waals surface area contributed by atoms with E-state index in [-0.39, 0.29) is 11.9 Å². The standard InChI is InChI=1S/C16H18FNO2/c1-11(13-6-4-5-7-14(13)17)18-15-10-12(19-2)8-9-16(15)20-3/h4-11,18H,1-3H3. The molecular formula is C16H18FNO2. The van der Waals surface area contributed by atoms with Gasteiger partial charge in [-0.1, -0.05) is 18.2 Å². The van der Waals surface area contributed by atoms with Crippen molar-refractivity contribution in [1.82, 2.24) is 0 Å². The number of hydrogen-bond acceptors (Lipinski definition) is 3.